The van der Waals surface area contributed by atoms with Crippen molar-refractivity contribution in [1.29, 1.82) is 0 Å². The summed E-state index contributed by atoms with van der Waals surface area (Å²) in [6, 6.07) is 8.68. The second-order valence-electron chi connectivity index (χ2n) is 4.29. The Kier molecular flexibility index (Phi) is 6.86. The van der Waals surface area contributed by atoms with Crippen molar-refractivity contribution in [2.45, 2.75) is 39.2 Å². The quantitative estimate of drug-likeness (QED) is 0.414. The van der Waals surface area contributed by atoms with Gasteiger partial charge in [-0.3, -0.25) is 11.3 Å². The van der Waals surface area contributed by atoms with Gasteiger partial charge in [0.1, 0.15) is 0 Å². The van der Waals surface area contributed by atoms with Crippen molar-refractivity contribution in [1.82, 2.24) is 5.43 Å². The van der Waals surface area contributed by atoms with Crippen molar-refractivity contribution in [3.63, 3.8) is 0 Å². The van der Waals surface area contributed by atoms with Crippen LogP contribution in [0, 0.1) is 0 Å². The van der Waals surface area contributed by atoms with Gasteiger partial charge in [0.2, 0.25) is 0 Å². The molecular formula is C14H24N2O. The number of aryl methyl sites for hydroxylation is 1. The summed E-state index contributed by atoms with van der Waals surface area (Å²) in [5.41, 5.74) is 5.36. The number of rotatable bonds is 8. The van der Waals surface area contributed by atoms with E-state index in [1.807, 2.05) is 0 Å². The van der Waals surface area contributed by atoms with Crippen LogP contribution >= 0.6 is 0 Å². The molecule has 0 aliphatic carbocycles. The summed E-state index contributed by atoms with van der Waals surface area (Å²) < 4.78 is 5.53. The summed E-state index contributed by atoms with van der Waals surface area (Å²) >= 11 is 0. The Bertz CT molecular complexity index is 298. The van der Waals surface area contributed by atoms with E-state index >= 15 is 0 Å². The lowest BCUT2D eigenvalue weighted by molar-refractivity contribution is 0.112. The van der Waals surface area contributed by atoms with Crippen molar-refractivity contribution in [2.75, 3.05) is 13.2 Å². The van der Waals surface area contributed by atoms with Gasteiger partial charge in [-0.25, -0.2) is 0 Å². The maximum Gasteiger partial charge on any atom is 0.0693 e. The number of hydrazine groups is 1. The lowest BCUT2D eigenvalue weighted by atomic mass is 10.0. The highest BCUT2D eigenvalue weighted by atomic mass is 16.5. The Labute approximate surface area is 104 Å². The van der Waals surface area contributed by atoms with Gasteiger partial charge in [-0.05, 0) is 24.0 Å². The van der Waals surface area contributed by atoms with Gasteiger partial charge in [0, 0.05) is 6.61 Å². The number of ether oxygens (including phenoxy) is 1. The average molecular weight is 236 g/mol. The average Bonchev–Trinajstić information content (AvgIpc) is 2.36. The van der Waals surface area contributed by atoms with Gasteiger partial charge >= 0.3 is 0 Å². The molecule has 0 bridgehead atoms. The van der Waals surface area contributed by atoms with Crippen LogP contribution in [0.2, 0.25) is 0 Å². The van der Waals surface area contributed by atoms with Crippen LogP contribution < -0.4 is 11.3 Å². The molecule has 0 heterocycles. The maximum absolute atomic E-state index is 5.55. The molecule has 1 aromatic rings. The molecule has 0 aromatic heterocycles. The van der Waals surface area contributed by atoms with E-state index in [1.54, 1.807) is 0 Å². The lowest BCUT2D eigenvalue weighted by Crippen LogP contribution is -2.31. The first-order valence-corrected chi connectivity index (χ1v) is 6.44. The van der Waals surface area contributed by atoms with Crippen molar-refractivity contribution in [3.8, 4) is 0 Å². The van der Waals surface area contributed by atoms with Crippen LogP contribution in [-0.2, 0) is 11.2 Å². The molecule has 0 spiro atoms. The third kappa shape index (κ3) is 4.86. The summed E-state index contributed by atoms with van der Waals surface area (Å²) in [7, 11) is 0. The number of benzene rings is 1. The molecule has 0 radical (unpaired) electrons. The van der Waals surface area contributed by atoms with Crippen molar-refractivity contribution < 1.29 is 4.74 Å². The lowest BCUT2D eigenvalue weighted by Gasteiger charge is -2.16. The number of hydrogen-bond acceptors (Lipinski definition) is 3. The largest absolute Gasteiger partial charge is 0.379 e. The minimum atomic E-state index is 0.0808. The molecule has 1 aromatic carbocycles. The Morgan fingerprint density at radius 1 is 1.18 bits per heavy atom. The van der Waals surface area contributed by atoms with Crippen LogP contribution in [0.1, 0.15) is 43.9 Å². The second kappa shape index (κ2) is 8.23. The van der Waals surface area contributed by atoms with Gasteiger partial charge < -0.3 is 4.74 Å². The fraction of sp³-hybridized carbons (Fsp3) is 0.571. The predicted molar refractivity (Wildman–Crippen MR) is 71.6 cm³/mol. The zero-order chi connectivity index (χ0) is 12.5. The fourth-order valence-electron chi connectivity index (χ4n) is 1.79. The summed E-state index contributed by atoms with van der Waals surface area (Å²) in [6.07, 6.45) is 3.34. The van der Waals surface area contributed by atoms with E-state index < -0.39 is 0 Å². The van der Waals surface area contributed by atoms with E-state index in [4.69, 9.17) is 10.6 Å². The van der Waals surface area contributed by atoms with E-state index in [0.29, 0.717) is 6.61 Å². The van der Waals surface area contributed by atoms with Gasteiger partial charge in [0.15, 0.2) is 0 Å². The third-order valence-corrected chi connectivity index (χ3v) is 2.75. The van der Waals surface area contributed by atoms with Gasteiger partial charge in [-0.2, -0.15) is 0 Å². The number of nitrogens with one attached hydrogen (secondary N) is 1. The molecule has 3 N–H and O–H groups in total. The molecule has 0 saturated heterocycles. The highest BCUT2D eigenvalue weighted by Gasteiger charge is 2.09. The molecular weight excluding hydrogens is 212 g/mol. The summed E-state index contributed by atoms with van der Waals surface area (Å²) in [6.45, 7) is 5.70. The predicted octanol–water partition coefficient (Wildman–Crippen LogP) is 2.57. The molecule has 1 unspecified atom stereocenters. The Hall–Kier alpha value is -0.900. The van der Waals surface area contributed by atoms with Gasteiger partial charge in [0.25, 0.3) is 0 Å². The van der Waals surface area contributed by atoms with Gasteiger partial charge in [-0.15, -0.1) is 0 Å². The van der Waals surface area contributed by atoms with Gasteiger partial charge in [0.05, 0.1) is 12.6 Å². The Morgan fingerprint density at radius 2 is 1.88 bits per heavy atom. The van der Waals surface area contributed by atoms with Crippen LogP contribution in [0.15, 0.2) is 24.3 Å². The molecule has 0 aliphatic heterocycles. The summed E-state index contributed by atoms with van der Waals surface area (Å²) in [5, 5.41) is 0. The van der Waals surface area contributed by atoms with E-state index in [1.165, 1.54) is 17.5 Å². The van der Waals surface area contributed by atoms with Crippen LogP contribution in [0.25, 0.3) is 0 Å². The summed E-state index contributed by atoms with van der Waals surface area (Å²) in [5.74, 6) is 5.55. The minimum Gasteiger partial charge on any atom is -0.379 e. The summed E-state index contributed by atoms with van der Waals surface area (Å²) in [4.78, 5) is 0. The van der Waals surface area contributed by atoms with E-state index in [9.17, 15) is 0 Å². The zero-order valence-electron chi connectivity index (χ0n) is 10.9. The highest BCUT2D eigenvalue weighted by Crippen LogP contribution is 2.14. The number of nitrogens with two attached hydrogens (primary N) is 1. The molecule has 17 heavy (non-hydrogen) atoms. The first kappa shape index (κ1) is 14.2. The highest BCUT2D eigenvalue weighted by molar-refractivity contribution is 5.25. The topological polar surface area (TPSA) is 47.3 Å². The van der Waals surface area contributed by atoms with Crippen LogP contribution in [-0.4, -0.2) is 13.2 Å². The molecule has 0 saturated carbocycles. The SMILES string of the molecule is CCCOCC(NN)c1ccc(CCC)cc1. The second-order valence-corrected chi connectivity index (χ2v) is 4.29. The van der Waals surface area contributed by atoms with Crippen LogP contribution in [0.4, 0.5) is 0 Å². The maximum atomic E-state index is 5.55. The Morgan fingerprint density at radius 3 is 2.41 bits per heavy atom. The fourth-order valence-corrected chi connectivity index (χ4v) is 1.79. The minimum absolute atomic E-state index is 0.0808. The van der Waals surface area contributed by atoms with Crippen molar-refractivity contribution >= 4 is 0 Å². The third-order valence-electron chi connectivity index (χ3n) is 2.75. The number of hydrogen-bond donors (Lipinski definition) is 2. The molecule has 1 atom stereocenters. The monoisotopic (exact) mass is 236 g/mol. The smallest absolute Gasteiger partial charge is 0.0693 e. The first-order valence-electron chi connectivity index (χ1n) is 6.44. The van der Waals surface area contributed by atoms with Crippen LogP contribution in [0.5, 0.6) is 0 Å². The van der Waals surface area contributed by atoms with Crippen LogP contribution in [0.3, 0.4) is 0 Å². The van der Waals surface area contributed by atoms with E-state index in [0.717, 1.165) is 19.4 Å². The molecule has 0 aliphatic rings. The van der Waals surface area contributed by atoms with Crippen molar-refractivity contribution in [2.24, 2.45) is 5.84 Å². The molecule has 1 rings (SSSR count). The van der Waals surface area contributed by atoms with E-state index in [-0.39, 0.29) is 6.04 Å². The molecule has 3 heteroatoms. The standard InChI is InChI=1S/C14H24N2O/c1-3-5-12-6-8-13(9-7-12)14(16-15)11-17-10-4-2/h6-9,14,16H,3-5,10-11,15H2,1-2H3. The Balaban J connectivity index is 2.55. The molecule has 3 nitrogen and oxygen atoms in total. The molecule has 96 valence electrons. The normalized spacial score (nSPS) is 12.6. The van der Waals surface area contributed by atoms with Crippen molar-refractivity contribution in [3.05, 3.63) is 35.4 Å². The molecule has 0 amide bonds. The van der Waals surface area contributed by atoms with Gasteiger partial charge in [-0.1, -0.05) is 44.5 Å². The zero-order valence-corrected chi connectivity index (χ0v) is 10.9. The van der Waals surface area contributed by atoms with E-state index in [2.05, 4.69) is 43.5 Å². The first-order chi connectivity index (χ1) is 8.31. The molecule has 0 fully saturated rings.